The van der Waals surface area contributed by atoms with Gasteiger partial charge in [0.2, 0.25) is 5.91 Å². The Morgan fingerprint density at radius 3 is 2.61 bits per heavy atom. The SMILES string of the molecule is CCNC(=NCCS(=O)Cc1ccccc1)NC1CCN(CC(=O)NC)CC1. The van der Waals surface area contributed by atoms with Crippen molar-refractivity contribution in [1.29, 1.82) is 0 Å². The van der Waals surface area contributed by atoms with Gasteiger partial charge in [-0.1, -0.05) is 30.3 Å². The first-order valence-corrected chi connectivity index (χ1v) is 11.5. The van der Waals surface area contributed by atoms with Crippen LogP contribution < -0.4 is 16.0 Å². The summed E-state index contributed by atoms with van der Waals surface area (Å²) < 4.78 is 12.3. The molecule has 156 valence electrons. The van der Waals surface area contributed by atoms with Crippen molar-refractivity contribution in [2.24, 2.45) is 4.99 Å². The average molecular weight is 408 g/mol. The third kappa shape index (κ3) is 8.39. The van der Waals surface area contributed by atoms with Crippen LogP contribution in [0, 0.1) is 0 Å². The second-order valence-electron chi connectivity index (χ2n) is 6.90. The van der Waals surface area contributed by atoms with E-state index in [-0.39, 0.29) is 5.91 Å². The summed E-state index contributed by atoms with van der Waals surface area (Å²) in [6.07, 6.45) is 1.95. The van der Waals surface area contributed by atoms with Gasteiger partial charge in [-0.2, -0.15) is 0 Å². The minimum Gasteiger partial charge on any atom is -0.358 e. The average Bonchev–Trinajstić information content (AvgIpc) is 2.70. The fraction of sp³-hybridized carbons (Fsp3) is 0.600. The minimum absolute atomic E-state index is 0.0600. The molecule has 3 N–H and O–H groups in total. The van der Waals surface area contributed by atoms with Gasteiger partial charge in [-0.15, -0.1) is 0 Å². The van der Waals surface area contributed by atoms with Crippen LogP contribution in [0.3, 0.4) is 0 Å². The van der Waals surface area contributed by atoms with E-state index < -0.39 is 10.8 Å². The van der Waals surface area contributed by atoms with Crippen LogP contribution in [0.15, 0.2) is 35.3 Å². The monoisotopic (exact) mass is 407 g/mol. The van der Waals surface area contributed by atoms with Gasteiger partial charge in [0.05, 0.1) is 13.1 Å². The number of hydrogen-bond donors (Lipinski definition) is 3. The summed E-state index contributed by atoms with van der Waals surface area (Å²) in [5.41, 5.74) is 1.10. The Balaban J connectivity index is 1.74. The lowest BCUT2D eigenvalue weighted by atomic mass is 10.1. The van der Waals surface area contributed by atoms with Gasteiger partial charge in [0.15, 0.2) is 5.96 Å². The molecule has 1 aliphatic rings. The molecule has 0 aliphatic carbocycles. The van der Waals surface area contributed by atoms with Crippen molar-refractivity contribution < 1.29 is 9.00 Å². The maximum atomic E-state index is 12.3. The summed E-state index contributed by atoms with van der Waals surface area (Å²) in [5.74, 6) is 1.97. The van der Waals surface area contributed by atoms with Crippen molar-refractivity contribution in [3.63, 3.8) is 0 Å². The van der Waals surface area contributed by atoms with Gasteiger partial charge in [-0.05, 0) is 25.3 Å². The summed E-state index contributed by atoms with van der Waals surface area (Å²) in [6, 6.07) is 10.3. The number of nitrogens with zero attached hydrogens (tertiary/aromatic N) is 2. The molecule has 0 saturated carbocycles. The molecule has 2 rings (SSSR count). The van der Waals surface area contributed by atoms with E-state index in [1.54, 1.807) is 7.05 Å². The second kappa shape index (κ2) is 12.5. The standard InChI is InChI=1S/C20H33N5O2S/c1-3-22-20(23-11-14-28(27)16-17-7-5-4-6-8-17)24-18-9-12-25(13-10-18)15-19(26)21-2/h4-8,18H,3,9-16H2,1-2H3,(H,21,26)(H2,22,23,24). The number of benzene rings is 1. The number of carbonyl (C=O) groups is 1. The Hall–Kier alpha value is -1.93. The highest BCUT2D eigenvalue weighted by Gasteiger charge is 2.21. The summed E-state index contributed by atoms with van der Waals surface area (Å²) in [5, 5.41) is 9.42. The Bertz CT molecular complexity index is 645. The molecule has 1 amide bonds. The molecule has 28 heavy (non-hydrogen) atoms. The van der Waals surface area contributed by atoms with Gasteiger partial charge < -0.3 is 16.0 Å². The van der Waals surface area contributed by atoms with Crippen LogP contribution in [0.5, 0.6) is 0 Å². The lowest BCUT2D eigenvalue weighted by molar-refractivity contribution is -0.122. The molecule has 7 nitrogen and oxygen atoms in total. The third-order valence-electron chi connectivity index (χ3n) is 4.68. The number of hydrogen-bond acceptors (Lipinski definition) is 4. The number of amides is 1. The molecule has 1 saturated heterocycles. The third-order valence-corrected chi connectivity index (χ3v) is 5.97. The van der Waals surface area contributed by atoms with E-state index >= 15 is 0 Å². The molecule has 1 heterocycles. The first-order chi connectivity index (χ1) is 13.6. The van der Waals surface area contributed by atoms with Gasteiger partial charge in [0.25, 0.3) is 0 Å². The molecule has 0 aromatic heterocycles. The van der Waals surface area contributed by atoms with Crippen LogP contribution in [-0.4, -0.2) is 72.5 Å². The zero-order valence-electron chi connectivity index (χ0n) is 16.9. The van der Waals surface area contributed by atoms with Gasteiger partial charge in [-0.3, -0.25) is 18.9 Å². The number of nitrogens with one attached hydrogen (secondary N) is 3. The lowest BCUT2D eigenvalue weighted by Crippen LogP contribution is -2.50. The van der Waals surface area contributed by atoms with Crippen LogP contribution in [0.25, 0.3) is 0 Å². The topological polar surface area (TPSA) is 85.8 Å². The molecule has 1 fully saturated rings. The Morgan fingerprint density at radius 2 is 1.96 bits per heavy atom. The van der Waals surface area contributed by atoms with E-state index in [9.17, 15) is 9.00 Å². The molecule has 1 atom stereocenters. The van der Waals surface area contributed by atoms with E-state index in [0.717, 1.165) is 44.0 Å². The predicted octanol–water partition coefficient (Wildman–Crippen LogP) is 0.701. The van der Waals surface area contributed by atoms with Crippen molar-refractivity contribution in [2.45, 2.75) is 31.6 Å². The van der Waals surface area contributed by atoms with Gasteiger partial charge in [0.1, 0.15) is 0 Å². The quantitative estimate of drug-likeness (QED) is 0.414. The van der Waals surface area contributed by atoms with E-state index in [0.29, 0.717) is 30.6 Å². The Morgan fingerprint density at radius 1 is 1.25 bits per heavy atom. The highest BCUT2D eigenvalue weighted by molar-refractivity contribution is 7.84. The molecule has 1 aromatic rings. The van der Waals surface area contributed by atoms with Crippen LogP contribution >= 0.6 is 0 Å². The van der Waals surface area contributed by atoms with Crippen LogP contribution in [-0.2, 0) is 21.3 Å². The Kier molecular flexibility index (Phi) is 9.99. The molecule has 8 heteroatoms. The maximum Gasteiger partial charge on any atom is 0.233 e. The number of aliphatic imine (C=N–C) groups is 1. The van der Waals surface area contributed by atoms with E-state index in [1.807, 2.05) is 37.3 Å². The van der Waals surface area contributed by atoms with Crippen molar-refractivity contribution in [3.05, 3.63) is 35.9 Å². The van der Waals surface area contributed by atoms with Crippen molar-refractivity contribution in [3.8, 4) is 0 Å². The smallest absolute Gasteiger partial charge is 0.233 e. The van der Waals surface area contributed by atoms with Crippen molar-refractivity contribution in [1.82, 2.24) is 20.9 Å². The van der Waals surface area contributed by atoms with E-state index in [4.69, 9.17) is 0 Å². The molecular weight excluding hydrogens is 374 g/mol. The number of guanidine groups is 1. The summed E-state index contributed by atoms with van der Waals surface area (Å²) in [6.45, 7) is 5.61. The highest BCUT2D eigenvalue weighted by atomic mass is 32.2. The first kappa shape index (κ1) is 22.4. The number of likely N-dealkylation sites (tertiary alicyclic amines) is 1. The van der Waals surface area contributed by atoms with Gasteiger partial charge >= 0.3 is 0 Å². The van der Waals surface area contributed by atoms with E-state index in [2.05, 4.69) is 25.8 Å². The van der Waals surface area contributed by atoms with Crippen LogP contribution in [0.2, 0.25) is 0 Å². The Labute approximate surface area is 170 Å². The van der Waals surface area contributed by atoms with Crippen molar-refractivity contribution in [2.75, 3.05) is 45.5 Å². The second-order valence-corrected chi connectivity index (χ2v) is 8.48. The van der Waals surface area contributed by atoms with Gasteiger partial charge in [0, 0.05) is 55.0 Å². The minimum atomic E-state index is -0.917. The normalized spacial score (nSPS) is 17.1. The molecular formula is C20H33N5O2S. The fourth-order valence-electron chi connectivity index (χ4n) is 3.12. The molecule has 0 radical (unpaired) electrons. The number of carbonyl (C=O) groups excluding carboxylic acids is 1. The largest absolute Gasteiger partial charge is 0.358 e. The molecule has 1 unspecified atom stereocenters. The summed E-state index contributed by atoms with van der Waals surface area (Å²) in [4.78, 5) is 18.3. The predicted molar refractivity (Wildman–Crippen MR) is 116 cm³/mol. The maximum absolute atomic E-state index is 12.3. The lowest BCUT2D eigenvalue weighted by Gasteiger charge is -2.32. The van der Waals surface area contributed by atoms with Crippen molar-refractivity contribution >= 4 is 22.7 Å². The molecule has 0 spiro atoms. The highest BCUT2D eigenvalue weighted by Crippen LogP contribution is 2.10. The molecule has 1 aliphatic heterocycles. The zero-order valence-corrected chi connectivity index (χ0v) is 17.8. The number of rotatable bonds is 9. The van der Waals surface area contributed by atoms with Gasteiger partial charge in [-0.25, -0.2) is 0 Å². The molecule has 0 bridgehead atoms. The summed E-state index contributed by atoms with van der Waals surface area (Å²) in [7, 11) is 0.753. The summed E-state index contributed by atoms with van der Waals surface area (Å²) >= 11 is 0. The zero-order chi connectivity index (χ0) is 20.2. The van der Waals surface area contributed by atoms with E-state index in [1.165, 1.54) is 0 Å². The van der Waals surface area contributed by atoms with Crippen LogP contribution in [0.1, 0.15) is 25.3 Å². The van der Waals surface area contributed by atoms with Crippen LogP contribution in [0.4, 0.5) is 0 Å². The molecule has 1 aromatic carbocycles. The number of likely N-dealkylation sites (N-methyl/N-ethyl adjacent to an activating group) is 1. The first-order valence-electron chi connectivity index (χ1n) is 9.97. The fourth-order valence-corrected chi connectivity index (χ4v) is 4.13. The number of piperidine rings is 1.